The standard InChI is InChI=1S/C25H29N3O4S/c1-33(30,31)27-20-4-7-23-19(15-20)8-9-25(32-23)10-12-28(13-11-25)22-6-3-18-14-17(16-26)2-5-21(18)24(22)29/h2,4-5,7,14-15,22,24,27,29H,3,6,8-13H2,1H3. The fourth-order valence-corrected chi connectivity index (χ4v) is 6.20. The van der Waals surface area contributed by atoms with Gasteiger partial charge in [0.2, 0.25) is 10.0 Å². The summed E-state index contributed by atoms with van der Waals surface area (Å²) in [5.74, 6) is 0.841. The Morgan fingerprint density at radius 3 is 2.64 bits per heavy atom. The predicted octanol–water partition coefficient (Wildman–Crippen LogP) is 3.14. The van der Waals surface area contributed by atoms with E-state index in [1.807, 2.05) is 24.3 Å². The lowest BCUT2D eigenvalue weighted by Gasteiger charge is -2.48. The first-order valence-electron chi connectivity index (χ1n) is 11.5. The summed E-state index contributed by atoms with van der Waals surface area (Å²) in [6.07, 6.45) is 5.94. The summed E-state index contributed by atoms with van der Waals surface area (Å²) < 4.78 is 32.1. The van der Waals surface area contributed by atoms with Crippen LogP contribution in [0.25, 0.3) is 0 Å². The number of hydrogen-bond acceptors (Lipinski definition) is 6. The Morgan fingerprint density at radius 2 is 1.91 bits per heavy atom. The number of likely N-dealkylation sites (tertiary alicyclic amines) is 1. The van der Waals surface area contributed by atoms with E-state index in [4.69, 9.17) is 10.00 Å². The molecule has 1 saturated heterocycles. The van der Waals surface area contributed by atoms with Gasteiger partial charge < -0.3 is 9.84 Å². The van der Waals surface area contributed by atoms with Gasteiger partial charge in [-0.05, 0) is 85.5 Å². The number of nitrogens with one attached hydrogen (secondary N) is 1. The average molecular weight is 468 g/mol. The smallest absolute Gasteiger partial charge is 0.229 e. The van der Waals surface area contributed by atoms with Gasteiger partial charge in [-0.3, -0.25) is 9.62 Å². The van der Waals surface area contributed by atoms with Crippen molar-refractivity contribution >= 4 is 15.7 Å². The largest absolute Gasteiger partial charge is 0.487 e. The molecule has 2 N–H and O–H groups in total. The lowest BCUT2D eigenvalue weighted by molar-refractivity contribution is -0.0479. The van der Waals surface area contributed by atoms with Crippen LogP contribution in [-0.4, -0.2) is 49.4 Å². The number of anilines is 1. The molecule has 1 aliphatic carbocycles. The van der Waals surface area contributed by atoms with E-state index in [-0.39, 0.29) is 11.6 Å². The molecule has 8 heteroatoms. The van der Waals surface area contributed by atoms with Crippen LogP contribution in [0.15, 0.2) is 36.4 Å². The van der Waals surface area contributed by atoms with Crippen LogP contribution in [0.3, 0.4) is 0 Å². The number of aryl methyl sites for hydroxylation is 2. The minimum Gasteiger partial charge on any atom is -0.487 e. The molecule has 2 aromatic rings. The van der Waals surface area contributed by atoms with Crippen molar-refractivity contribution in [1.82, 2.24) is 4.90 Å². The normalized spacial score (nSPS) is 24.3. The first kappa shape index (κ1) is 22.2. The summed E-state index contributed by atoms with van der Waals surface area (Å²) in [5.41, 5.74) is 4.09. The summed E-state index contributed by atoms with van der Waals surface area (Å²) in [5, 5.41) is 20.2. The van der Waals surface area contributed by atoms with Gasteiger partial charge in [0.25, 0.3) is 0 Å². The number of hydrogen-bond donors (Lipinski definition) is 2. The van der Waals surface area contributed by atoms with E-state index in [2.05, 4.69) is 15.7 Å². The molecule has 0 amide bonds. The molecule has 2 heterocycles. The molecule has 7 nitrogen and oxygen atoms in total. The van der Waals surface area contributed by atoms with Crippen molar-refractivity contribution < 1.29 is 18.3 Å². The molecule has 3 aliphatic rings. The zero-order valence-electron chi connectivity index (χ0n) is 18.8. The van der Waals surface area contributed by atoms with Crippen LogP contribution >= 0.6 is 0 Å². The fraction of sp³-hybridized carbons (Fsp3) is 0.480. The quantitative estimate of drug-likeness (QED) is 0.719. The molecule has 0 saturated carbocycles. The summed E-state index contributed by atoms with van der Waals surface area (Å²) in [6.45, 7) is 1.74. The molecular weight excluding hydrogens is 438 g/mol. The van der Waals surface area contributed by atoms with Crippen LogP contribution in [0.2, 0.25) is 0 Å². The zero-order chi connectivity index (χ0) is 23.2. The average Bonchev–Trinajstić information content (AvgIpc) is 2.79. The number of piperidine rings is 1. The van der Waals surface area contributed by atoms with E-state index in [1.54, 1.807) is 12.1 Å². The highest BCUT2D eigenvalue weighted by Crippen LogP contribution is 2.42. The first-order chi connectivity index (χ1) is 15.8. The van der Waals surface area contributed by atoms with E-state index in [0.29, 0.717) is 11.3 Å². The Morgan fingerprint density at radius 1 is 1.12 bits per heavy atom. The monoisotopic (exact) mass is 467 g/mol. The molecule has 2 unspecified atom stereocenters. The number of sulfonamides is 1. The van der Waals surface area contributed by atoms with Gasteiger partial charge >= 0.3 is 0 Å². The number of aliphatic hydroxyl groups excluding tert-OH is 1. The predicted molar refractivity (Wildman–Crippen MR) is 126 cm³/mol. The van der Waals surface area contributed by atoms with Crippen molar-refractivity contribution in [3.8, 4) is 11.8 Å². The third-order valence-corrected chi connectivity index (χ3v) is 7.99. The van der Waals surface area contributed by atoms with Crippen molar-refractivity contribution in [2.24, 2.45) is 0 Å². The van der Waals surface area contributed by atoms with Crippen LogP contribution in [-0.2, 0) is 22.9 Å². The van der Waals surface area contributed by atoms with E-state index >= 15 is 0 Å². The third kappa shape index (κ3) is 4.45. The maximum absolute atomic E-state index is 11.5. The number of fused-ring (bicyclic) bond motifs is 2. The molecule has 1 spiro atoms. The van der Waals surface area contributed by atoms with Crippen molar-refractivity contribution in [2.75, 3.05) is 24.1 Å². The summed E-state index contributed by atoms with van der Waals surface area (Å²) in [4.78, 5) is 2.40. The molecule has 2 atom stereocenters. The number of nitrogens with zero attached hydrogens (tertiary/aromatic N) is 2. The highest BCUT2D eigenvalue weighted by molar-refractivity contribution is 7.92. The SMILES string of the molecule is CS(=O)(=O)Nc1ccc2c(c1)CCC1(CCN(C3CCc4cc(C#N)ccc4C3O)CC1)O2. The summed E-state index contributed by atoms with van der Waals surface area (Å²) in [7, 11) is -3.31. The molecule has 2 aliphatic heterocycles. The molecular formula is C25H29N3O4S. The fourth-order valence-electron chi connectivity index (χ4n) is 5.65. The maximum atomic E-state index is 11.5. The van der Waals surface area contributed by atoms with Crippen LogP contribution in [0, 0.1) is 11.3 Å². The van der Waals surface area contributed by atoms with Crippen LogP contribution < -0.4 is 9.46 Å². The second kappa shape index (κ2) is 8.32. The van der Waals surface area contributed by atoms with Crippen molar-refractivity contribution in [3.63, 3.8) is 0 Å². The molecule has 0 radical (unpaired) electrons. The van der Waals surface area contributed by atoms with Crippen molar-refractivity contribution in [1.29, 1.82) is 5.26 Å². The lowest BCUT2D eigenvalue weighted by atomic mass is 9.80. The second-order valence-electron chi connectivity index (χ2n) is 9.59. The van der Waals surface area contributed by atoms with Gasteiger partial charge in [-0.25, -0.2) is 8.42 Å². The minimum absolute atomic E-state index is 0.0864. The van der Waals surface area contributed by atoms with Crippen LogP contribution in [0.4, 0.5) is 5.69 Å². The van der Waals surface area contributed by atoms with Gasteiger partial charge in [-0.2, -0.15) is 5.26 Å². The highest BCUT2D eigenvalue weighted by Gasteiger charge is 2.42. The topological polar surface area (TPSA) is 103 Å². The number of benzene rings is 2. The Balaban J connectivity index is 1.25. The van der Waals surface area contributed by atoms with Crippen molar-refractivity contribution in [3.05, 3.63) is 58.7 Å². The van der Waals surface area contributed by atoms with Gasteiger partial charge in [0, 0.05) is 24.8 Å². The van der Waals surface area contributed by atoms with Gasteiger partial charge in [-0.1, -0.05) is 6.07 Å². The number of rotatable bonds is 3. The zero-order valence-corrected chi connectivity index (χ0v) is 19.6. The van der Waals surface area contributed by atoms with Gasteiger partial charge in [-0.15, -0.1) is 0 Å². The minimum atomic E-state index is -3.31. The second-order valence-corrected chi connectivity index (χ2v) is 11.3. The van der Waals surface area contributed by atoms with Gasteiger partial charge in [0.05, 0.1) is 24.0 Å². The summed E-state index contributed by atoms with van der Waals surface area (Å²) >= 11 is 0. The molecule has 174 valence electrons. The number of ether oxygens (including phenoxy) is 1. The Kier molecular flexibility index (Phi) is 5.60. The molecule has 5 rings (SSSR count). The van der Waals surface area contributed by atoms with Gasteiger partial charge in [0.15, 0.2) is 0 Å². The Hall–Kier alpha value is -2.60. The maximum Gasteiger partial charge on any atom is 0.229 e. The number of aliphatic hydroxyl groups is 1. The van der Waals surface area contributed by atoms with Crippen LogP contribution in [0.1, 0.15) is 54.0 Å². The van der Waals surface area contributed by atoms with Crippen molar-refractivity contribution in [2.45, 2.75) is 56.3 Å². The van der Waals surface area contributed by atoms with E-state index in [0.717, 1.165) is 80.3 Å². The molecule has 0 bridgehead atoms. The van der Waals surface area contributed by atoms with E-state index < -0.39 is 16.1 Å². The van der Waals surface area contributed by atoms with Gasteiger partial charge in [0.1, 0.15) is 11.4 Å². The highest BCUT2D eigenvalue weighted by atomic mass is 32.2. The van der Waals surface area contributed by atoms with E-state index in [9.17, 15) is 13.5 Å². The molecule has 33 heavy (non-hydrogen) atoms. The Labute approximate surface area is 195 Å². The number of nitriles is 1. The lowest BCUT2D eigenvalue weighted by Crippen LogP contribution is -2.54. The molecule has 1 fully saturated rings. The first-order valence-corrected chi connectivity index (χ1v) is 13.4. The summed E-state index contributed by atoms with van der Waals surface area (Å²) in [6, 6.07) is 13.4. The third-order valence-electron chi connectivity index (χ3n) is 7.38. The molecule has 0 aromatic heterocycles. The molecule has 2 aromatic carbocycles. The Bertz CT molecular complexity index is 1210. The van der Waals surface area contributed by atoms with Crippen LogP contribution in [0.5, 0.6) is 5.75 Å². The van der Waals surface area contributed by atoms with E-state index in [1.165, 1.54) is 0 Å².